The molecule has 5 nitrogen and oxygen atoms in total. The second-order valence-electron chi connectivity index (χ2n) is 3.80. The number of nitrogens with zero attached hydrogens (tertiary/aromatic N) is 1. The van der Waals surface area contributed by atoms with Crippen LogP contribution >= 0.6 is 0 Å². The molecule has 0 aromatic heterocycles. The lowest BCUT2D eigenvalue weighted by Crippen LogP contribution is -2.43. The van der Waals surface area contributed by atoms with Crippen LogP contribution in [0.15, 0.2) is 30.3 Å². The number of carbonyl (C=O) groups is 2. The zero-order valence-electron chi connectivity index (χ0n) is 10.6. The zero-order valence-corrected chi connectivity index (χ0v) is 10.6. The molecule has 0 bridgehead atoms. The van der Waals surface area contributed by atoms with E-state index in [-0.39, 0.29) is 6.03 Å². The highest BCUT2D eigenvalue weighted by Crippen LogP contribution is 2.13. The molecule has 1 rings (SSSR count). The van der Waals surface area contributed by atoms with E-state index < -0.39 is 12.0 Å². The second kappa shape index (κ2) is 6.64. The van der Waals surface area contributed by atoms with Crippen LogP contribution in [0.4, 0.5) is 4.79 Å². The van der Waals surface area contributed by atoms with Crippen LogP contribution in [0.25, 0.3) is 0 Å². The predicted molar refractivity (Wildman–Crippen MR) is 68.3 cm³/mol. The number of urea groups is 1. The molecule has 0 spiro atoms. The summed E-state index contributed by atoms with van der Waals surface area (Å²) in [6.07, 6.45) is 0. The van der Waals surface area contributed by atoms with Crippen molar-refractivity contribution < 1.29 is 14.7 Å². The van der Waals surface area contributed by atoms with Crippen molar-refractivity contribution in [3.63, 3.8) is 0 Å². The molecule has 0 aliphatic heterocycles. The maximum absolute atomic E-state index is 11.8. The highest BCUT2D eigenvalue weighted by atomic mass is 16.4. The molecule has 0 heterocycles. The van der Waals surface area contributed by atoms with Gasteiger partial charge in [-0.25, -0.2) is 9.59 Å². The van der Waals surface area contributed by atoms with Crippen molar-refractivity contribution in [2.75, 3.05) is 13.1 Å². The van der Waals surface area contributed by atoms with Crippen molar-refractivity contribution in [3.05, 3.63) is 35.9 Å². The summed E-state index contributed by atoms with van der Waals surface area (Å²) in [7, 11) is 0. The van der Waals surface area contributed by atoms with E-state index in [2.05, 4.69) is 5.32 Å². The second-order valence-corrected chi connectivity index (χ2v) is 3.80. The van der Waals surface area contributed by atoms with Crippen LogP contribution in [-0.2, 0) is 4.79 Å². The number of amides is 2. The Balaban J connectivity index is 2.82. The van der Waals surface area contributed by atoms with Gasteiger partial charge in [-0.2, -0.15) is 0 Å². The Morgan fingerprint density at radius 3 is 2.22 bits per heavy atom. The molecule has 98 valence electrons. The van der Waals surface area contributed by atoms with Crippen LogP contribution in [0.5, 0.6) is 0 Å². The number of hydrogen-bond donors (Lipinski definition) is 2. The van der Waals surface area contributed by atoms with Gasteiger partial charge in [0, 0.05) is 13.1 Å². The minimum Gasteiger partial charge on any atom is -0.479 e. The molecular formula is C13H18N2O3. The first-order valence-corrected chi connectivity index (χ1v) is 5.93. The summed E-state index contributed by atoms with van der Waals surface area (Å²) in [5.74, 6) is -1.07. The van der Waals surface area contributed by atoms with Crippen LogP contribution in [-0.4, -0.2) is 35.1 Å². The maximum Gasteiger partial charge on any atom is 0.330 e. The van der Waals surface area contributed by atoms with Crippen LogP contribution in [0.2, 0.25) is 0 Å². The Morgan fingerprint density at radius 2 is 1.78 bits per heavy atom. The number of hydrogen-bond acceptors (Lipinski definition) is 2. The van der Waals surface area contributed by atoms with E-state index in [0.29, 0.717) is 18.7 Å². The Hall–Kier alpha value is -2.04. The molecule has 0 aliphatic carbocycles. The minimum atomic E-state index is -1.07. The van der Waals surface area contributed by atoms with Gasteiger partial charge in [0.1, 0.15) is 0 Å². The number of rotatable bonds is 5. The van der Waals surface area contributed by atoms with Crippen LogP contribution in [0.3, 0.4) is 0 Å². The monoisotopic (exact) mass is 250 g/mol. The predicted octanol–water partition coefficient (Wildman–Crippen LogP) is 1.86. The molecule has 1 atom stereocenters. The molecular weight excluding hydrogens is 232 g/mol. The summed E-state index contributed by atoms with van der Waals surface area (Å²) in [5.41, 5.74) is 0.561. The first-order valence-electron chi connectivity index (χ1n) is 5.93. The van der Waals surface area contributed by atoms with E-state index in [0.717, 1.165) is 0 Å². The van der Waals surface area contributed by atoms with Crippen molar-refractivity contribution in [2.24, 2.45) is 0 Å². The standard InChI is InChI=1S/C13H18N2O3/c1-3-15(4-2)13(18)14-11(12(16)17)10-8-6-5-7-9-10/h5-9,11H,3-4H2,1-2H3,(H,14,18)(H,16,17)/t11-/m0/s1. The number of nitrogens with one attached hydrogen (secondary N) is 1. The summed E-state index contributed by atoms with van der Waals surface area (Å²) in [6.45, 7) is 4.79. The third kappa shape index (κ3) is 3.48. The van der Waals surface area contributed by atoms with Crippen LogP contribution in [0.1, 0.15) is 25.5 Å². The average Bonchev–Trinajstić information content (AvgIpc) is 2.38. The summed E-state index contributed by atoms with van der Waals surface area (Å²) in [6, 6.07) is 7.27. The van der Waals surface area contributed by atoms with Gasteiger partial charge in [-0.05, 0) is 19.4 Å². The third-order valence-corrected chi connectivity index (χ3v) is 2.70. The van der Waals surface area contributed by atoms with Crippen LogP contribution in [0, 0.1) is 0 Å². The quantitative estimate of drug-likeness (QED) is 0.838. The Bertz CT molecular complexity index is 402. The molecule has 0 radical (unpaired) electrons. The fourth-order valence-corrected chi connectivity index (χ4v) is 1.66. The minimum absolute atomic E-state index is 0.365. The molecule has 1 aromatic rings. The fourth-order valence-electron chi connectivity index (χ4n) is 1.66. The lowest BCUT2D eigenvalue weighted by atomic mass is 10.1. The van der Waals surface area contributed by atoms with Crippen molar-refractivity contribution >= 4 is 12.0 Å². The van der Waals surface area contributed by atoms with Gasteiger partial charge in [0.25, 0.3) is 0 Å². The third-order valence-electron chi connectivity index (χ3n) is 2.70. The zero-order chi connectivity index (χ0) is 13.5. The summed E-state index contributed by atoms with van der Waals surface area (Å²) in [4.78, 5) is 24.6. The highest BCUT2D eigenvalue weighted by Gasteiger charge is 2.23. The van der Waals surface area contributed by atoms with Gasteiger partial charge in [-0.3, -0.25) is 0 Å². The Kier molecular flexibility index (Phi) is 5.17. The molecule has 1 aromatic carbocycles. The number of carbonyl (C=O) groups excluding carboxylic acids is 1. The summed E-state index contributed by atoms with van der Waals surface area (Å²) in [5, 5.41) is 11.7. The molecule has 2 amide bonds. The molecule has 0 fully saturated rings. The number of carboxylic acid groups (broad SMARTS) is 1. The van der Waals surface area contributed by atoms with Crippen molar-refractivity contribution in [1.29, 1.82) is 0 Å². The highest BCUT2D eigenvalue weighted by molar-refractivity contribution is 5.83. The topological polar surface area (TPSA) is 69.6 Å². The van der Waals surface area contributed by atoms with E-state index in [1.807, 2.05) is 13.8 Å². The largest absolute Gasteiger partial charge is 0.479 e. The Morgan fingerprint density at radius 1 is 1.22 bits per heavy atom. The molecule has 0 unspecified atom stereocenters. The van der Waals surface area contributed by atoms with Gasteiger partial charge in [0.15, 0.2) is 6.04 Å². The van der Waals surface area contributed by atoms with Crippen molar-refractivity contribution in [1.82, 2.24) is 10.2 Å². The van der Waals surface area contributed by atoms with Gasteiger partial charge in [-0.15, -0.1) is 0 Å². The number of aliphatic carboxylic acids is 1. The number of carboxylic acids is 1. The number of benzene rings is 1. The normalized spacial score (nSPS) is 11.7. The van der Waals surface area contributed by atoms with E-state index in [9.17, 15) is 9.59 Å². The molecule has 0 aliphatic rings. The molecule has 5 heteroatoms. The van der Waals surface area contributed by atoms with Crippen molar-refractivity contribution in [3.8, 4) is 0 Å². The van der Waals surface area contributed by atoms with E-state index in [1.54, 1.807) is 35.2 Å². The summed E-state index contributed by atoms with van der Waals surface area (Å²) >= 11 is 0. The molecule has 0 saturated carbocycles. The fraction of sp³-hybridized carbons (Fsp3) is 0.385. The lowest BCUT2D eigenvalue weighted by molar-refractivity contribution is -0.139. The summed E-state index contributed by atoms with van der Waals surface area (Å²) < 4.78 is 0. The first-order chi connectivity index (χ1) is 8.60. The van der Waals surface area contributed by atoms with Crippen LogP contribution < -0.4 is 5.32 Å². The molecule has 2 N–H and O–H groups in total. The van der Waals surface area contributed by atoms with Gasteiger partial charge < -0.3 is 15.3 Å². The van der Waals surface area contributed by atoms with Gasteiger partial charge in [0.2, 0.25) is 0 Å². The maximum atomic E-state index is 11.8. The lowest BCUT2D eigenvalue weighted by Gasteiger charge is -2.22. The van der Waals surface area contributed by atoms with Gasteiger partial charge >= 0.3 is 12.0 Å². The SMILES string of the molecule is CCN(CC)C(=O)N[C@H](C(=O)O)c1ccccc1. The Labute approximate surface area is 106 Å². The average molecular weight is 250 g/mol. The van der Waals surface area contributed by atoms with Crippen molar-refractivity contribution in [2.45, 2.75) is 19.9 Å². The van der Waals surface area contributed by atoms with Gasteiger partial charge in [0.05, 0.1) is 0 Å². The van der Waals surface area contributed by atoms with E-state index in [1.165, 1.54) is 0 Å². The first kappa shape index (κ1) is 14.0. The molecule has 0 saturated heterocycles. The smallest absolute Gasteiger partial charge is 0.330 e. The molecule has 18 heavy (non-hydrogen) atoms. The van der Waals surface area contributed by atoms with E-state index in [4.69, 9.17) is 5.11 Å². The van der Waals surface area contributed by atoms with Gasteiger partial charge in [-0.1, -0.05) is 30.3 Å². The van der Waals surface area contributed by atoms with E-state index >= 15 is 0 Å².